The SMILES string of the molecule is CCCC(NC(=O)O)c1cccc2ccccc12. The molecule has 0 radical (unpaired) electrons. The number of fused-ring (bicyclic) bond motifs is 1. The summed E-state index contributed by atoms with van der Waals surface area (Å²) in [6.07, 6.45) is 0.774. The molecule has 18 heavy (non-hydrogen) atoms. The zero-order valence-corrected chi connectivity index (χ0v) is 10.4. The third kappa shape index (κ3) is 2.62. The monoisotopic (exact) mass is 243 g/mol. The summed E-state index contributed by atoms with van der Waals surface area (Å²) in [6.45, 7) is 2.06. The molecule has 0 aliphatic carbocycles. The van der Waals surface area contributed by atoms with Gasteiger partial charge in [0.25, 0.3) is 0 Å². The van der Waals surface area contributed by atoms with Gasteiger partial charge >= 0.3 is 6.09 Å². The molecule has 0 heterocycles. The van der Waals surface area contributed by atoms with E-state index in [1.807, 2.05) is 42.5 Å². The van der Waals surface area contributed by atoms with E-state index in [9.17, 15) is 4.79 Å². The molecule has 3 nitrogen and oxygen atoms in total. The Morgan fingerprint density at radius 1 is 1.22 bits per heavy atom. The summed E-state index contributed by atoms with van der Waals surface area (Å²) >= 11 is 0. The average Bonchev–Trinajstić information content (AvgIpc) is 2.37. The molecule has 2 rings (SSSR count). The predicted molar refractivity (Wildman–Crippen MR) is 72.8 cm³/mol. The van der Waals surface area contributed by atoms with Crippen molar-refractivity contribution in [1.82, 2.24) is 5.32 Å². The Bertz CT molecular complexity index is 546. The lowest BCUT2D eigenvalue weighted by atomic mass is 9.96. The molecule has 0 aromatic heterocycles. The summed E-state index contributed by atoms with van der Waals surface area (Å²) in [5, 5.41) is 13.8. The number of nitrogens with one attached hydrogen (secondary N) is 1. The quantitative estimate of drug-likeness (QED) is 0.854. The van der Waals surface area contributed by atoms with Gasteiger partial charge in [0, 0.05) is 0 Å². The second kappa shape index (κ2) is 5.54. The number of carbonyl (C=O) groups is 1. The van der Waals surface area contributed by atoms with Crippen molar-refractivity contribution in [3.8, 4) is 0 Å². The Morgan fingerprint density at radius 3 is 2.67 bits per heavy atom. The predicted octanol–water partition coefficient (Wildman–Crippen LogP) is 3.95. The Hall–Kier alpha value is -2.03. The lowest BCUT2D eigenvalue weighted by Gasteiger charge is -2.18. The summed E-state index contributed by atoms with van der Waals surface area (Å²) < 4.78 is 0. The molecule has 0 bridgehead atoms. The number of carboxylic acid groups (broad SMARTS) is 1. The van der Waals surface area contributed by atoms with Crippen LogP contribution in [0.2, 0.25) is 0 Å². The summed E-state index contributed by atoms with van der Waals surface area (Å²) in [4.78, 5) is 10.9. The van der Waals surface area contributed by atoms with Gasteiger partial charge in [0.15, 0.2) is 0 Å². The molecule has 1 atom stereocenters. The maximum absolute atomic E-state index is 10.9. The molecule has 2 aromatic rings. The van der Waals surface area contributed by atoms with E-state index >= 15 is 0 Å². The van der Waals surface area contributed by atoms with Crippen molar-refractivity contribution < 1.29 is 9.90 Å². The molecular weight excluding hydrogens is 226 g/mol. The van der Waals surface area contributed by atoms with Gasteiger partial charge in [-0.05, 0) is 22.8 Å². The van der Waals surface area contributed by atoms with Gasteiger partial charge in [-0.15, -0.1) is 0 Å². The van der Waals surface area contributed by atoms with Gasteiger partial charge in [0.05, 0.1) is 6.04 Å². The Morgan fingerprint density at radius 2 is 1.94 bits per heavy atom. The standard InChI is InChI=1S/C15H17NO2/c1-2-6-14(16-15(17)18)13-10-5-8-11-7-3-4-9-12(11)13/h3-5,7-10,14,16H,2,6H2,1H3,(H,17,18). The van der Waals surface area contributed by atoms with Crippen molar-refractivity contribution in [1.29, 1.82) is 0 Å². The third-order valence-corrected chi connectivity index (χ3v) is 3.07. The first-order valence-corrected chi connectivity index (χ1v) is 6.19. The first kappa shape index (κ1) is 12.4. The Balaban J connectivity index is 2.46. The number of amides is 1. The molecule has 0 spiro atoms. The van der Waals surface area contributed by atoms with Gasteiger partial charge in [-0.3, -0.25) is 0 Å². The fourth-order valence-corrected chi connectivity index (χ4v) is 2.30. The van der Waals surface area contributed by atoms with Crippen LogP contribution < -0.4 is 5.32 Å². The van der Waals surface area contributed by atoms with Crippen LogP contribution in [-0.4, -0.2) is 11.2 Å². The van der Waals surface area contributed by atoms with Crippen molar-refractivity contribution in [2.24, 2.45) is 0 Å². The number of hydrogen-bond donors (Lipinski definition) is 2. The topological polar surface area (TPSA) is 49.3 Å². The van der Waals surface area contributed by atoms with Crippen molar-refractivity contribution in [2.75, 3.05) is 0 Å². The number of benzene rings is 2. The van der Waals surface area contributed by atoms with E-state index in [1.165, 1.54) is 0 Å². The lowest BCUT2D eigenvalue weighted by molar-refractivity contribution is 0.189. The van der Waals surface area contributed by atoms with Crippen LogP contribution in [0.1, 0.15) is 31.4 Å². The first-order valence-electron chi connectivity index (χ1n) is 6.19. The molecule has 2 N–H and O–H groups in total. The second-order valence-corrected chi connectivity index (χ2v) is 4.36. The molecular formula is C15H17NO2. The molecule has 3 heteroatoms. The first-order chi connectivity index (χ1) is 8.72. The molecule has 1 unspecified atom stereocenters. The van der Waals surface area contributed by atoms with Crippen molar-refractivity contribution in [3.63, 3.8) is 0 Å². The maximum Gasteiger partial charge on any atom is 0.405 e. The summed E-state index contributed by atoms with van der Waals surface area (Å²) in [5.74, 6) is 0. The van der Waals surface area contributed by atoms with Gasteiger partial charge in [-0.25, -0.2) is 4.79 Å². The summed E-state index contributed by atoms with van der Waals surface area (Å²) in [7, 11) is 0. The van der Waals surface area contributed by atoms with Gasteiger partial charge < -0.3 is 10.4 Å². The molecule has 0 aliphatic rings. The van der Waals surface area contributed by atoms with Gasteiger partial charge in [0.2, 0.25) is 0 Å². The van der Waals surface area contributed by atoms with Crippen LogP contribution in [0.25, 0.3) is 10.8 Å². The molecule has 0 aliphatic heterocycles. The van der Waals surface area contributed by atoms with E-state index in [1.54, 1.807) is 0 Å². The van der Waals surface area contributed by atoms with Crippen LogP contribution in [0.15, 0.2) is 42.5 Å². The van der Waals surface area contributed by atoms with E-state index < -0.39 is 6.09 Å². The van der Waals surface area contributed by atoms with Crippen LogP contribution >= 0.6 is 0 Å². The van der Waals surface area contributed by atoms with Crippen molar-refractivity contribution in [2.45, 2.75) is 25.8 Å². The van der Waals surface area contributed by atoms with Crippen LogP contribution in [-0.2, 0) is 0 Å². The van der Waals surface area contributed by atoms with Crippen molar-refractivity contribution >= 4 is 16.9 Å². The van der Waals surface area contributed by atoms with E-state index in [4.69, 9.17) is 5.11 Å². The largest absolute Gasteiger partial charge is 0.465 e. The minimum atomic E-state index is -0.971. The molecule has 1 amide bonds. The van der Waals surface area contributed by atoms with Crippen LogP contribution in [0.5, 0.6) is 0 Å². The summed E-state index contributed by atoms with van der Waals surface area (Å²) in [5.41, 5.74) is 1.05. The van der Waals surface area contributed by atoms with E-state index in [0.717, 1.165) is 29.2 Å². The van der Waals surface area contributed by atoms with Gasteiger partial charge in [0.1, 0.15) is 0 Å². The molecule has 0 fully saturated rings. The van der Waals surface area contributed by atoms with Crippen molar-refractivity contribution in [3.05, 3.63) is 48.0 Å². The smallest absolute Gasteiger partial charge is 0.405 e. The Labute approximate surface area is 106 Å². The zero-order valence-electron chi connectivity index (χ0n) is 10.4. The van der Waals surface area contributed by atoms with Crippen LogP contribution in [0, 0.1) is 0 Å². The van der Waals surface area contributed by atoms with E-state index in [0.29, 0.717) is 0 Å². The second-order valence-electron chi connectivity index (χ2n) is 4.36. The molecule has 0 saturated heterocycles. The normalized spacial score (nSPS) is 12.3. The highest BCUT2D eigenvalue weighted by Gasteiger charge is 2.15. The molecule has 2 aromatic carbocycles. The minimum absolute atomic E-state index is 0.140. The van der Waals surface area contributed by atoms with Gasteiger partial charge in [-0.1, -0.05) is 55.8 Å². The average molecular weight is 243 g/mol. The summed E-state index contributed by atoms with van der Waals surface area (Å²) in [6, 6.07) is 13.9. The zero-order chi connectivity index (χ0) is 13.0. The lowest BCUT2D eigenvalue weighted by Crippen LogP contribution is -2.26. The number of rotatable bonds is 4. The fraction of sp³-hybridized carbons (Fsp3) is 0.267. The van der Waals surface area contributed by atoms with Crippen LogP contribution in [0.3, 0.4) is 0 Å². The highest BCUT2D eigenvalue weighted by Crippen LogP contribution is 2.27. The maximum atomic E-state index is 10.9. The van der Waals surface area contributed by atoms with Gasteiger partial charge in [-0.2, -0.15) is 0 Å². The minimum Gasteiger partial charge on any atom is -0.465 e. The third-order valence-electron chi connectivity index (χ3n) is 3.07. The van der Waals surface area contributed by atoms with E-state index in [-0.39, 0.29) is 6.04 Å². The fourth-order valence-electron chi connectivity index (χ4n) is 2.30. The highest BCUT2D eigenvalue weighted by molar-refractivity contribution is 5.86. The Kier molecular flexibility index (Phi) is 3.82. The van der Waals surface area contributed by atoms with Crippen LogP contribution in [0.4, 0.5) is 4.79 Å². The number of hydrogen-bond acceptors (Lipinski definition) is 1. The van der Waals surface area contributed by atoms with E-state index in [2.05, 4.69) is 12.2 Å². The highest BCUT2D eigenvalue weighted by atomic mass is 16.4. The molecule has 94 valence electrons. The molecule has 0 saturated carbocycles.